The zero-order valence-corrected chi connectivity index (χ0v) is 25.3. The van der Waals surface area contributed by atoms with E-state index in [1.165, 1.54) is 11.1 Å². The summed E-state index contributed by atoms with van der Waals surface area (Å²) in [6.07, 6.45) is 5.48. The van der Waals surface area contributed by atoms with Crippen LogP contribution in [0.4, 0.5) is 0 Å². The van der Waals surface area contributed by atoms with Gasteiger partial charge in [-0.25, -0.2) is 0 Å². The summed E-state index contributed by atoms with van der Waals surface area (Å²) in [7, 11) is 0. The summed E-state index contributed by atoms with van der Waals surface area (Å²) in [5.41, 5.74) is 5.54. The Bertz CT molecular complexity index is 1530. The van der Waals surface area contributed by atoms with Crippen molar-refractivity contribution < 1.29 is 15.0 Å². The molecule has 0 radical (unpaired) electrons. The average molecular weight is 587 g/mol. The van der Waals surface area contributed by atoms with E-state index in [2.05, 4.69) is 42.5 Å². The van der Waals surface area contributed by atoms with E-state index in [4.69, 9.17) is 16.6 Å². The number of carboxylic acid groups (broad SMARTS) is 1. The Morgan fingerprint density at radius 1 is 1.02 bits per heavy atom. The lowest BCUT2D eigenvalue weighted by Crippen LogP contribution is -2.26. The number of nitrogens with zero attached hydrogens (tertiary/aromatic N) is 1. The number of pyridine rings is 1. The number of aromatic nitrogens is 1. The Labute approximate surface area is 252 Å². The number of halogens is 1. The lowest BCUT2D eigenvalue weighted by molar-refractivity contribution is -0.307. The molecule has 0 amide bonds. The fourth-order valence-electron chi connectivity index (χ4n) is 5.59. The molecule has 1 aliphatic rings. The minimum atomic E-state index is -0.953. The van der Waals surface area contributed by atoms with E-state index in [1.54, 1.807) is 0 Å². The Kier molecular flexibility index (Phi) is 9.08. The summed E-state index contributed by atoms with van der Waals surface area (Å²) in [4.78, 5) is 16.2. The van der Waals surface area contributed by atoms with Crippen LogP contribution in [-0.2, 0) is 29.7 Å². The normalized spacial score (nSPS) is 15.1. The molecule has 1 heterocycles. The van der Waals surface area contributed by atoms with Gasteiger partial charge in [0.05, 0.1) is 11.1 Å². The van der Waals surface area contributed by atoms with Crippen LogP contribution in [0.5, 0.6) is 0 Å². The molecule has 1 atom stereocenters. The van der Waals surface area contributed by atoms with Crippen molar-refractivity contribution in [3.8, 4) is 0 Å². The number of benzene rings is 3. The number of fused-ring (bicyclic) bond motifs is 1. The number of carbonyl (C=O) groups excluding carboxylic acids is 1. The zero-order chi connectivity index (χ0) is 29.0. The van der Waals surface area contributed by atoms with Crippen molar-refractivity contribution in [2.45, 2.75) is 69.6 Å². The van der Waals surface area contributed by atoms with Gasteiger partial charge in [-0.15, -0.1) is 0 Å². The van der Waals surface area contributed by atoms with Crippen LogP contribution < -0.4 is 5.11 Å². The highest BCUT2D eigenvalue weighted by molar-refractivity contribution is 7.99. The molecule has 0 saturated heterocycles. The van der Waals surface area contributed by atoms with Crippen LogP contribution in [0.25, 0.3) is 10.9 Å². The standard InChI is InChI=1S/C35H38ClNO3S/c1-34(2,40)30-9-4-3-7-25(30)13-17-32(41-23-35(18-19-35)22-33(38)39)27-8-5-6-24(20-27)10-15-29-16-12-26-11-14-28(36)21-31(26)37-29/h3-9,11-12,14,16,20-21,32,40H,10,13,15,17-19,22-23H2,1-2H3,(H,38,39)/p-1/t32-/m1/s1. The molecule has 41 heavy (non-hydrogen) atoms. The lowest BCUT2D eigenvalue weighted by Gasteiger charge is -2.25. The average Bonchev–Trinajstić information content (AvgIpc) is 3.70. The van der Waals surface area contributed by atoms with Crippen molar-refractivity contribution in [1.29, 1.82) is 0 Å². The zero-order valence-electron chi connectivity index (χ0n) is 23.7. The van der Waals surface area contributed by atoms with Gasteiger partial charge in [0.1, 0.15) is 0 Å². The van der Waals surface area contributed by atoms with Gasteiger partial charge in [0.2, 0.25) is 0 Å². The number of aliphatic hydroxyl groups is 1. The number of carbonyl (C=O) groups is 1. The first-order valence-corrected chi connectivity index (χ1v) is 15.8. The molecule has 1 N–H and O–H groups in total. The van der Waals surface area contributed by atoms with Crippen molar-refractivity contribution in [3.63, 3.8) is 0 Å². The molecule has 1 saturated carbocycles. The summed E-state index contributed by atoms with van der Waals surface area (Å²) < 4.78 is 0. The first-order valence-electron chi connectivity index (χ1n) is 14.4. The van der Waals surface area contributed by atoms with Crippen LogP contribution >= 0.6 is 23.4 Å². The second kappa shape index (κ2) is 12.6. The quantitative estimate of drug-likeness (QED) is 0.179. The first kappa shape index (κ1) is 29.6. The van der Waals surface area contributed by atoms with Gasteiger partial charge in [0.15, 0.2) is 0 Å². The summed E-state index contributed by atoms with van der Waals surface area (Å²) >= 11 is 8.05. The highest BCUT2D eigenvalue weighted by Crippen LogP contribution is 2.53. The Hall–Kier alpha value is -2.86. The van der Waals surface area contributed by atoms with E-state index in [9.17, 15) is 15.0 Å². The second-order valence-electron chi connectivity index (χ2n) is 12.0. The number of rotatable bonds is 13. The smallest absolute Gasteiger partial charge is 0.0843 e. The maximum absolute atomic E-state index is 11.4. The van der Waals surface area contributed by atoms with Crippen molar-refractivity contribution in [1.82, 2.24) is 4.98 Å². The number of hydrogen-bond donors (Lipinski definition) is 1. The maximum Gasteiger partial charge on any atom is 0.0843 e. The predicted octanol–water partition coefficient (Wildman–Crippen LogP) is 7.23. The number of carboxylic acids is 1. The van der Waals surface area contributed by atoms with E-state index in [-0.39, 0.29) is 17.1 Å². The molecule has 1 aliphatic carbocycles. The van der Waals surface area contributed by atoms with Crippen LogP contribution in [0, 0.1) is 5.41 Å². The first-order chi connectivity index (χ1) is 19.6. The third-order valence-electron chi connectivity index (χ3n) is 8.12. The number of hydrogen-bond acceptors (Lipinski definition) is 5. The van der Waals surface area contributed by atoms with Crippen LogP contribution in [0.2, 0.25) is 5.02 Å². The van der Waals surface area contributed by atoms with E-state index in [0.717, 1.165) is 72.0 Å². The fourth-order valence-corrected chi connectivity index (χ4v) is 7.33. The van der Waals surface area contributed by atoms with E-state index >= 15 is 0 Å². The summed E-state index contributed by atoms with van der Waals surface area (Å²) in [5.74, 6) is -0.141. The van der Waals surface area contributed by atoms with Crippen LogP contribution in [0.3, 0.4) is 0 Å². The van der Waals surface area contributed by atoms with E-state index < -0.39 is 11.6 Å². The minimum absolute atomic E-state index is 0.130. The van der Waals surface area contributed by atoms with Crippen LogP contribution in [0.1, 0.15) is 72.7 Å². The van der Waals surface area contributed by atoms with Crippen molar-refractivity contribution in [3.05, 3.63) is 112 Å². The van der Waals surface area contributed by atoms with Gasteiger partial charge in [-0.05, 0) is 110 Å². The van der Waals surface area contributed by atoms with Crippen LogP contribution in [0.15, 0.2) is 78.9 Å². The van der Waals surface area contributed by atoms with Gasteiger partial charge >= 0.3 is 0 Å². The second-order valence-corrected chi connectivity index (χ2v) is 13.6. The molecule has 6 heteroatoms. The van der Waals surface area contributed by atoms with Crippen molar-refractivity contribution in [2.75, 3.05) is 5.75 Å². The van der Waals surface area contributed by atoms with Gasteiger partial charge < -0.3 is 15.0 Å². The monoisotopic (exact) mass is 586 g/mol. The predicted molar refractivity (Wildman–Crippen MR) is 167 cm³/mol. The molecule has 0 unspecified atom stereocenters. The number of aryl methyl sites for hydroxylation is 3. The maximum atomic E-state index is 11.4. The summed E-state index contributed by atoms with van der Waals surface area (Å²) in [5, 5.41) is 24.1. The molecule has 1 aromatic heterocycles. The van der Waals surface area contributed by atoms with Gasteiger partial charge in [-0.1, -0.05) is 72.3 Å². The summed E-state index contributed by atoms with van der Waals surface area (Å²) in [6.45, 7) is 3.66. The van der Waals surface area contributed by atoms with Crippen molar-refractivity contribution >= 4 is 40.2 Å². The van der Waals surface area contributed by atoms with Gasteiger partial charge in [-0.2, -0.15) is 11.8 Å². The topological polar surface area (TPSA) is 73.2 Å². The fraction of sp³-hybridized carbons (Fsp3) is 0.371. The highest BCUT2D eigenvalue weighted by Gasteiger charge is 2.42. The van der Waals surface area contributed by atoms with E-state index in [0.29, 0.717) is 5.02 Å². The molecule has 0 spiro atoms. The minimum Gasteiger partial charge on any atom is -0.550 e. The third kappa shape index (κ3) is 7.91. The van der Waals surface area contributed by atoms with Gasteiger partial charge in [-0.3, -0.25) is 4.98 Å². The Morgan fingerprint density at radius 2 is 1.80 bits per heavy atom. The van der Waals surface area contributed by atoms with Gasteiger partial charge in [0, 0.05) is 27.3 Å². The lowest BCUT2D eigenvalue weighted by atomic mass is 9.90. The molecule has 1 fully saturated rings. The molecule has 214 valence electrons. The molecule has 0 aliphatic heterocycles. The molecule has 5 rings (SSSR count). The SMILES string of the molecule is CC(C)(O)c1ccccc1CC[C@@H](SCC1(CC(=O)[O-])CC1)c1cccc(CCc2ccc3ccc(Cl)cc3n2)c1. The summed E-state index contributed by atoms with van der Waals surface area (Å²) in [6, 6.07) is 26.9. The molecule has 3 aromatic carbocycles. The van der Waals surface area contributed by atoms with Crippen LogP contribution in [-0.4, -0.2) is 21.8 Å². The number of thioether (sulfide) groups is 1. The van der Waals surface area contributed by atoms with Gasteiger partial charge in [0.25, 0.3) is 0 Å². The Balaban J connectivity index is 1.33. The molecular formula is C35H37ClNO3S-. The molecular weight excluding hydrogens is 550 g/mol. The highest BCUT2D eigenvalue weighted by atomic mass is 35.5. The third-order valence-corrected chi connectivity index (χ3v) is 10.0. The molecule has 4 nitrogen and oxygen atoms in total. The largest absolute Gasteiger partial charge is 0.550 e. The van der Waals surface area contributed by atoms with Crippen molar-refractivity contribution in [2.24, 2.45) is 5.41 Å². The molecule has 4 aromatic rings. The number of aliphatic carboxylic acids is 1. The Morgan fingerprint density at radius 3 is 2.56 bits per heavy atom. The van der Waals surface area contributed by atoms with E-state index in [1.807, 2.05) is 62.0 Å². The molecule has 0 bridgehead atoms.